The topological polar surface area (TPSA) is 55.4 Å². The van der Waals surface area contributed by atoms with Crippen molar-refractivity contribution in [3.8, 4) is 0 Å². The fraction of sp³-hybridized carbons (Fsp3) is 0.273. The third kappa shape index (κ3) is 4.47. The third-order valence-electron chi connectivity index (χ3n) is 2.01. The molecular weight excluding hydrogens is 354 g/mol. The fourth-order valence-corrected chi connectivity index (χ4v) is 1.71. The minimum absolute atomic E-state index is 0.182. The summed E-state index contributed by atoms with van der Waals surface area (Å²) in [5, 5.41) is 2.63. The number of benzene rings is 1. The Morgan fingerprint density at radius 2 is 1.94 bits per heavy atom. The van der Waals surface area contributed by atoms with Crippen LogP contribution in [-0.4, -0.2) is 30.4 Å². The van der Waals surface area contributed by atoms with Crippen LogP contribution in [-0.2, 0) is 9.53 Å². The summed E-state index contributed by atoms with van der Waals surface area (Å²) in [6, 6.07) is 6.95. The number of halogens is 2. The molecule has 0 aromatic heterocycles. The van der Waals surface area contributed by atoms with Gasteiger partial charge in [0.1, 0.15) is 4.83 Å². The third-order valence-corrected chi connectivity index (χ3v) is 3.23. The van der Waals surface area contributed by atoms with E-state index in [1.807, 2.05) is 0 Å². The predicted octanol–water partition coefficient (Wildman–Crippen LogP) is 2.12. The van der Waals surface area contributed by atoms with Crippen molar-refractivity contribution in [2.75, 3.05) is 13.7 Å². The zero-order valence-electron chi connectivity index (χ0n) is 9.07. The predicted molar refractivity (Wildman–Crippen MR) is 71.2 cm³/mol. The number of ether oxygens (including phenoxy) is 1. The van der Waals surface area contributed by atoms with Crippen molar-refractivity contribution in [1.82, 2.24) is 5.32 Å². The van der Waals surface area contributed by atoms with Crippen LogP contribution in [0.2, 0.25) is 0 Å². The van der Waals surface area contributed by atoms with Crippen LogP contribution in [0.5, 0.6) is 0 Å². The first-order chi connectivity index (χ1) is 8.04. The number of esters is 1. The smallest absolute Gasteiger partial charge is 0.321 e. The summed E-state index contributed by atoms with van der Waals surface area (Å²) in [7, 11) is 1.30. The Balaban J connectivity index is 2.50. The Morgan fingerprint density at radius 1 is 1.35 bits per heavy atom. The second-order valence-corrected chi connectivity index (χ2v) is 5.23. The van der Waals surface area contributed by atoms with Crippen LogP contribution < -0.4 is 5.32 Å². The molecule has 0 saturated heterocycles. The number of nitrogens with one attached hydrogen (secondary N) is 1. The molecule has 1 rings (SSSR count). The van der Waals surface area contributed by atoms with Crippen LogP contribution >= 0.6 is 31.9 Å². The van der Waals surface area contributed by atoms with Crippen LogP contribution in [0.25, 0.3) is 0 Å². The van der Waals surface area contributed by atoms with E-state index < -0.39 is 10.8 Å². The first-order valence-corrected chi connectivity index (χ1v) is 6.51. The van der Waals surface area contributed by atoms with Crippen LogP contribution in [0.1, 0.15) is 10.4 Å². The lowest BCUT2D eigenvalue weighted by atomic mass is 10.2. The largest absolute Gasteiger partial charge is 0.468 e. The standard InChI is InChI=1S/C11H11Br2NO3/c1-17-11(16)9(13)6-14-10(15)7-2-4-8(12)5-3-7/h2-5,9H,6H2,1H3,(H,14,15). The number of methoxy groups -OCH3 is 1. The lowest BCUT2D eigenvalue weighted by Crippen LogP contribution is -2.33. The minimum atomic E-state index is -0.535. The first kappa shape index (κ1) is 14.2. The van der Waals surface area contributed by atoms with Crippen LogP contribution in [0, 0.1) is 0 Å². The molecule has 0 aliphatic rings. The van der Waals surface area contributed by atoms with E-state index in [0.717, 1.165) is 4.47 Å². The summed E-state index contributed by atoms with van der Waals surface area (Å²) in [4.78, 5) is 22.2. The Bertz CT molecular complexity index is 406. The van der Waals surface area contributed by atoms with E-state index in [2.05, 4.69) is 41.9 Å². The molecule has 0 bridgehead atoms. The SMILES string of the molecule is COC(=O)C(Br)CNC(=O)c1ccc(Br)cc1. The average molecular weight is 365 g/mol. The molecule has 1 amide bonds. The van der Waals surface area contributed by atoms with Gasteiger partial charge in [0.15, 0.2) is 0 Å². The molecule has 0 saturated carbocycles. The number of amides is 1. The molecule has 1 N–H and O–H groups in total. The van der Waals surface area contributed by atoms with Gasteiger partial charge in [0, 0.05) is 16.6 Å². The Morgan fingerprint density at radius 3 is 2.47 bits per heavy atom. The van der Waals surface area contributed by atoms with Gasteiger partial charge in [-0.15, -0.1) is 0 Å². The van der Waals surface area contributed by atoms with Gasteiger partial charge in [-0.2, -0.15) is 0 Å². The van der Waals surface area contributed by atoms with E-state index in [4.69, 9.17) is 0 Å². The molecule has 1 aromatic carbocycles. The van der Waals surface area contributed by atoms with E-state index in [1.165, 1.54) is 7.11 Å². The highest BCUT2D eigenvalue weighted by Crippen LogP contribution is 2.10. The van der Waals surface area contributed by atoms with Gasteiger partial charge in [-0.05, 0) is 24.3 Å². The van der Waals surface area contributed by atoms with Crippen molar-refractivity contribution >= 4 is 43.7 Å². The summed E-state index contributed by atoms with van der Waals surface area (Å²) in [5.74, 6) is -0.646. The number of carbonyl (C=O) groups excluding carboxylic acids is 2. The quantitative estimate of drug-likeness (QED) is 0.657. The van der Waals surface area contributed by atoms with Crippen molar-refractivity contribution in [1.29, 1.82) is 0 Å². The van der Waals surface area contributed by atoms with Crippen molar-refractivity contribution < 1.29 is 14.3 Å². The lowest BCUT2D eigenvalue weighted by Gasteiger charge is -2.09. The average Bonchev–Trinajstić information content (AvgIpc) is 2.35. The lowest BCUT2D eigenvalue weighted by molar-refractivity contribution is -0.139. The molecule has 0 fully saturated rings. The molecule has 0 aliphatic carbocycles. The molecule has 0 heterocycles. The zero-order valence-corrected chi connectivity index (χ0v) is 12.2. The molecule has 17 heavy (non-hydrogen) atoms. The molecule has 1 unspecified atom stereocenters. The molecule has 92 valence electrons. The summed E-state index contributed by atoms with van der Waals surface area (Å²) in [6.07, 6.45) is 0. The molecular formula is C11H11Br2NO3. The monoisotopic (exact) mass is 363 g/mol. The van der Waals surface area contributed by atoms with E-state index in [-0.39, 0.29) is 12.5 Å². The van der Waals surface area contributed by atoms with Crippen molar-refractivity contribution in [2.24, 2.45) is 0 Å². The maximum Gasteiger partial charge on any atom is 0.321 e. The summed E-state index contributed by atoms with van der Waals surface area (Å²) < 4.78 is 5.43. The number of hydrogen-bond acceptors (Lipinski definition) is 3. The molecule has 1 aromatic rings. The highest BCUT2D eigenvalue weighted by atomic mass is 79.9. The van der Waals surface area contributed by atoms with Gasteiger partial charge in [0.25, 0.3) is 5.91 Å². The van der Waals surface area contributed by atoms with Crippen molar-refractivity contribution in [2.45, 2.75) is 4.83 Å². The maximum atomic E-state index is 11.7. The van der Waals surface area contributed by atoms with E-state index in [0.29, 0.717) is 5.56 Å². The minimum Gasteiger partial charge on any atom is -0.468 e. The first-order valence-electron chi connectivity index (χ1n) is 4.80. The molecule has 0 spiro atoms. The molecule has 1 atom stereocenters. The number of hydrogen-bond donors (Lipinski definition) is 1. The van der Waals surface area contributed by atoms with Crippen molar-refractivity contribution in [3.05, 3.63) is 34.3 Å². The van der Waals surface area contributed by atoms with E-state index in [9.17, 15) is 9.59 Å². The fourth-order valence-electron chi connectivity index (χ4n) is 1.10. The second kappa shape index (κ2) is 6.76. The Hall–Kier alpha value is -0.880. The highest BCUT2D eigenvalue weighted by molar-refractivity contribution is 9.10. The number of carbonyl (C=O) groups is 2. The van der Waals surface area contributed by atoms with Gasteiger partial charge in [0.05, 0.1) is 7.11 Å². The zero-order chi connectivity index (χ0) is 12.8. The van der Waals surface area contributed by atoms with Gasteiger partial charge >= 0.3 is 5.97 Å². The molecule has 0 radical (unpaired) electrons. The Labute approximate surface area is 116 Å². The second-order valence-electron chi connectivity index (χ2n) is 3.21. The van der Waals surface area contributed by atoms with Gasteiger partial charge in [0.2, 0.25) is 0 Å². The maximum absolute atomic E-state index is 11.7. The highest BCUT2D eigenvalue weighted by Gasteiger charge is 2.16. The number of rotatable bonds is 4. The van der Waals surface area contributed by atoms with Gasteiger partial charge < -0.3 is 10.1 Å². The summed E-state index contributed by atoms with van der Waals surface area (Å²) >= 11 is 6.40. The van der Waals surface area contributed by atoms with Crippen molar-refractivity contribution in [3.63, 3.8) is 0 Å². The Kier molecular flexibility index (Phi) is 5.64. The van der Waals surface area contributed by atoms with Gasteiger partial charge in [-0.25, -0.2) is 0 Å². The normalized spacial score (nSPS) is 11.7. The van der Waals surface area contributed by atoms with Crippen LogP contribution in [0.15, 0.2) is 28.7 Å². The van der Waals surface area contributed by atoms with Gasteiger partial charge in [-0.1, -0.05) is 31.9 Å². The van der Waals surface area contributed by atoms with Crippen LogP contribution in [0.4, 0.5) is 0 Å². The van der Waals surface area contributed by atoms with E-state index in [1.54, 1.807) is 24.3 Å². The molecule has 0 aliphatic heterocycles. The van der Waals surface area contributed by atoms with Crippen LogP contribution in [0.3, 0.4) is 0 Å². The molecule has 4 nitrogen and oxygen atoms in total. The van der Waals surface area contributed by atoms with Gasteiger partial charge in [-0.3, -0.25) is 9.59 Å². The van der Waals surface area contributed by atoms with E-state index >= 15 is 0 Å². The molecule has 6 heteroatoms. The number of alkyl halides is 1. The summed E-state index contributed by atoms with van der Waals surface area (Å²) in [5.41, 5.74) is 0.540. The summed E-state index contributed by atoms with van der Waals surface area (Å²) in [6.45, 7) is 0.182.